The van der Waals surface area contributed by atoms with Gasteiger partial charge in [0.15, 0.2) is 0 Å². The van der Waals surface area contributed by atoms with E-state index in [2.05, 4.69) is 9.71 Å². The third-order valence-electron chi connectivity index (χ3n) is 2.93. The molecule has 108 valence electrons. The van der Waals surface area contributed by atoms with Crippen molar-refractivity contribution < 1.29 is 8.42 Å². The number of nitrogens with zero attached hydrogens (tertiary/aromatic N) is 2. The summed E-state index contributed by atoms with van der Waals surface area (Å²) in [6, 6.07) is 7.30. The van der Waals surface area contributed by atoms with Crippen LogP contribution in [0.3, 0.4) is 0 Å². The standard InChI is InChI=1S/C13H18N4O2S/c14-9-12-3-1-2-4-13(12)10-20(18,19)16-6-8-17-7-5-15-11-17/h1-5,7,11,16H,6,8-10,14H2. The Bertz CT molecular complexity index is 638. The molecule has 2 rings (SSSR count). The molecular weight excluding hydrogens is 276 g/mol. The minimum atomic E-state index is -3.36. The van der Waals surface area contributed by atoms with E-state index in [0.717, 1.165) is 11.1 Å². The lowest BCUT2D eigenvalue weighted by Crippen LogP contribution is -2.28. The number of sulfonamides is 1. The molecule has 0 fully saturated rings. The molecule has 0 radical (unpaired) electrons. The molecule has 0 saturated carbocycles. The summed E-state index contributed by atoms with van der Waals surface area (Å²) in [6.07, 6.45) is 5.10. The topological polar surface area (TPSA) is 90.0 Å². The largest absolute Gasteiger partial charge is 0.336 e. The molecule has 6 nitrogen and oxygen atoms in total. The van der Waals surface area contributed by atoms with Crippen molar-refractivity contribution in [3.05, 3.63) is 54.1 Å². The number of rotatable bonds is 7. The molecule has 20 heavy (non-hydrogen) atoms. The van der Waals surface area contributed by atoms with E-state index in [-0.39, 0.29) is 5.75 Å². The molecule has 0 unspecified atom stereocenters. The second-order valence-corrected chi connectivity index (χ2v) is 6.23. The molecule has 7 heteroatoms. The minimum Gasteiger partial charge on any atom is -0.336 e. The van der Waals surface area contributed by atoms with Crippen molar-refractivity contribution in [2.45, 2.75) is 18.8 Å². The van der Waals surface area contributed by atoms with Gasteiger partial charge in [-0.15, -0.1) is 0 Å². The Kier molecular flexibility index (Phi) is 4.89. The Hall–Kier alpha value is -1.70. The SMILES string of the molecule is NCc1ccccc1CS(=O)(=O)NCCn1ccnc1. The molecule has 1 aromatic heterocycles. The maximum Gasteiger partial charge on any atom is 0.215 e. The molecule has 0 atom stereocenters. The summed E-state index contributed by atoms with van der Waals surface area (Å²) in [5.74, 6) is -0.0513. The van der Waals surface area contributed by atoms with Gasteiger partial charge in [0.05, 0.1) is 12.1 Å². The Morgan fingerprint density at radius 1 is 1.25 bits per heavy atom. The number of hydrogen-bond donors (Lipinski definition) is 2. The first-order valence-corrected chi connectivity index (χ1v) is 7.96. The third-order valence-corrected chi connectivity index (χ3v) is 4.27. The van der Waals surface area contributed by atoms with E-state index in [4.69, 9.17) is 5.73 Å². The van der Waals surface area contributed by atoms with Gasteiger partial charge in [-0.1, -0.05) is 24.3 Å². The van der Waals surface area contributed by atoms with Gasteiger partial charge in [0, 0.05) is 32.0 Å². The molecule has 3 N–H and O–H groups in total. The van der Waals surface area contributed by atoms with Crippen molar-refractivity contribution in [3.63, 3.8) is 0 Å². The fourth-order valence-corrected chi connectivity index (χ4v) is 3.10. The fourth-order valence-electron chi connectivity index (χ4n) is 1.90. The summed E-state index contributed by atoms with van der Waals surface area (Å²) in [7, 11) is -3.36. The van der Waals surface area contributed by atoms with E-state index >= 15 is 0 Å². The van der Waals surface area contributed by atoms with E-state index < -0.39 is 10.0 Å². The molecule has 2 aromatic rings. The fraction of sp³-hybridized carbons (Fsp3) is 0.308. The molecule has 0 aliphatic carbocycles. The van der Waals surface area contributed by atoms with Crippen LogP contribution in [0, 0.1) is 0 Å². The molecule has 0 aliphatic heterocycles. The highest BCUT2D eigenvalue weighted by molar-refractivity contribution is 7.88. The maximum absolute atomic E-state index is 12.0. The van der Waals surface area contributed by atoms with E-state index in [1.54, 1.807) is 24.8 Å². The Labute approximate surface area is 118 Å². The maximum atomic E-state index is 12.0. The highest BCUT2D eigenvalue weighted by Gasteiger charge is 2.13. The molecule has 0 spiro atoms. The predicted octanol–water partition coefficient (Wildman–Crippen LogP) is 0.461. The number of benzene rings is 1. The average molecular weight is 294 g/mol. The summed E-state index contributed by atoms with van der Waals surface area (Å²) < 4.78 is 28.4. The molecular formula is C13H18N4O2S. The normalized spacial score (nSPS) is 11.7. The van der Waals surface area contributed by atoms with Crippen LogP contribution >= 0.6 is 0 Å². The van der Waals surface area contributed by atoms with E-state index in [1.807, 2.05) is 22.8 Å². The van der Waals surface area contributed by atoms with Gasteiger partial charge < -0.3 is 10.3 Å². The number of hydrogen-bond acceptors (Lipinski definition) is 4. The lowest BCUT2D eigenvalue weighted by Gasteiger charge is -2.10. The van der Waals surface area contributed by atoms with Gasteiger partial charge in [0.25, 0.3) is 0 Å². The number of nitrogens with two attached hydrogens (primary N) is 1. The van der Waals surface area contributed by atoms with Gasteiger partial charge in [0.1, 0.15) is 0 Å². The average Bonchev–Trinajstić information content (AvgIpc) is 2.92. The first-order valence-electron chi connectivity index (χ1n) is 6.30. The zero-order chi connectivity index (χ0) is 14.4. The second-order valence-electron chi connectivity index (χ2n) is 4.43. The van der Waals surface area contributed by atoms with Crippen LogP contribution in [-0.2, 0) is 28.9 Å². The number of aromatic nitrogens is 2. The van der Waals surface area contributed by atoms with Crippen molar-refractivity contribution in [1.29, 1.82) is 0 Å². The zero-order valence-corrected chi connectivity index (χ0v) is 11.9. The molecule has 0 amide bonds. The van der Waals surface area contributed by atoms with E-state index in [9.17, 15) is 8.42 Å². The second kappa shape index (κ2) is 6.65. The molecule has 0 aliphatic rings. The monoisotopic (exact) mass is 294 g/mol. The summed E-state index contributed by atoms with van der Waals surface area (Å²) in [5, 5.41) is 0. The van der Waals surface area contributed by atoms with E-state index in [1.165, 1.54) is 0 Å². The first-order chi connectivity index (χ1) is 9.61. The Morgan fingerprint density at radius 2 is 2.00 bits per heavy atom. The van der Waals surface area contributed by atoms with Crippen LogP contribution in [0.2, 0.25) is 0 Å². The van der Waals surface area contributed by atoms with Gasteiger partial charge in [-0.2, -0.15) is 0 Å². The molecule has 1 aromatic carbocycles. The van der Waals surface area contributed by atoms with Crippen LogP contribution in [-0.4, -0.2) is 24.5 Å². The Morgan fingerprint density at radius 3 is 2.65 bits per heavy atom. The highest BCUT2D eigenvalue weighted by atomic mass is 32.2. The Balaban J connectivity index is 1.93. The lowest BCUT2D eigenvalue weighted by molar-refractivity contribution is 0.571. The smallest absolute Gasteiger partial charge is 0.215 e. The highest BCUT2D eigenvalue weighted by Crippen LogP contribution is 2.11. The van der Waals surface area contributed by atoms with Crippen molar-refractivity contribution in [3.8, 4) is 0 Å². The van der Waals surface area contributed by atoms with E-state index in [0.29, 0.717) is 19.6 Å². The van der Waals surface area contributed by atoms with Gasteiger partial charge >= 0.3 is 0 Å². The summed E-state index contributed by atoms with van der Waals surface area (Å²) in [5.41, 5.74) is 7.20. The van der Waals surface area contributed by atoms with Crippen molar-refractivity contribution in [1.82, 2.24) is 14.3 Å². The van der Waals surface area contributed by atoms with Crippen LogP contribution < -0.4 is 10.5 Å². The minimum absolute atomic E-state index is 0.0513. The van der Waals surface area contributed by atoms with Crippen LogP contribution in [0.1, 0.15) is 11.1 Å². The summed E-state index contributed by atoms with van der Waals surface area (Å²) >= 11 is 0. The number of nitrogens with one attached hydrogen (secondary N) is 1. The third kappa shape index (κ3) is 4.16. The van der Waals surface area contributed by atoms with Crippen molar-refractivity contribution in [2.24, 2.45) is 5.73 Å². The first kappa shape index (κ1) is 14.7. The van der Waals surface area contributed by atoms with Gasteiger partial charge in [0.2, 0.25) is 10.0 Å². The van der Waals surface area contributed by atoms with Gasteiger partial charge in [-0.25, -0.2) is 18.1 Å². The van der Waals surface area contributed by atoms with Crippen LogP contribution in [0.25, 0.3) is 0 Å². The molecule has 1 heterocycles. The predicted molar refractivity (Wildman–Crippen MR) is 77.2 cm³/mol. The number of imidazole rings is 1. The van der Waals surface area contributed by atoms with Crippen molar-refractivity contribution >= 4 is 10.0 Å². The quantitative estimate of drug-likeness (QED) is 0.776. The lowest BCUT2D eigenvalue weighted by atomic mass is 10.1. The summed E-state index contributed by atoms with van der Waals surface area (Å²) in [6.45, 7) is 1.22. The summed E-state index contributed by atoms with van der Waals surface area (Å²) in [4.78, 5) is 3.90. The molecule has 0 saturated heterocycles. The zero-order valence-electron chi connectivity index (χ0n) is 11.1. The molecule has 0 bridgehead atoms. The van der Waals surface area contributed by atoms with Crippen LogP contribution in [0.15, 0.2) is 43.0 Å². The van der Waals surface area contributed by atoms with Crippen molar-refractivity contribution in [2.75, 3.05) is 6.54 Å². The van der Waals surface area contributed by atoms with Gasteiger partial charge in [-0.05, 0) is 11.1 Å². The van der Waals surface area contributed by atoms with Gasteiger partial charge in [-0.3, -0.25) is 0 Å². The van der Waals surface area contributed by atoms with Crippen LogP contribution in [0.4, 0.5) is 0 Å². The van der Waals surface area contributed by atoms with Crippen LogP contribution in [0.5, 0.6) is 0 Å².